The van der Waals surface area contributed by atoms with Crippen molar-refractivity contribution in [2.24, 2.45) is 0 Å². The lowest BCUT2D eigenvalue weighted by Crippen LogP contribution is -2.05. The number of benzene rings is 3. The van der Waals surface area contributed by atoms with Crippen molar-refractivity contribution in [3.05, 3.63) is 91.7 Å². The number of anilines is 1. The van der Waals surface area contributed by atoms with Crippen LogP contribution in [0.1, 0.15) is 15.9 Å². The fourth-order valence-corrected chi connectivity index (χ4v) is 3.86. The number of halogens is 3. The zero-order valence-corrected chi connectivity index (χ0v) is 17.4. The van der Waals surface area contributed by atoms with Gasteiger partial charge in [0.1, 0.15) is 5.82 Å². The van der Waals surface area contributed by atoms with Crippen LogP contribution < -0.4 is 5.32 Å². The average molecular weight is 467 g/mol. The fraction of sp³-hybridized carbons (Fsp3) is 0.0500. The first-order chi connectivity index (χ1) is 14.2. The van der Waals surface area contributed by atoms with Crippen molar-refractivity contribution in [3.8, 4) is 0 Å². The number of carbonyl (C=O) groups is 1. The lowest BCUT2D eigenvalue weighted by Gasteiger charge is -2.10. The first-order valence-corrected chi connectivity index (χ1v) is 9.99. The predicted octanol–water partition coefficient (Wildman–Crippen LogP) is 6.50. The molecule has 30 heavy (non-hydrogen) atoms. The van der Waals surface area contributed by atoms with Gasteiger partial charge in [-0.3, -0.25) is 10.1 Å². The number of hydrogen-bond donors (Lipinski definition) is 2. The molecule has 3 rings (SSSR count). The fourth-order valence-electron chi connectivity index (χ4n) is 2.56. The number of nitro benzene ring substituents is 1. The van der Waals surface area contributed by atoms with Crippen LogP contribution in [-0.2, 0) is 6.54 Å². The number of nitro groups is 1. The molecule has 0 saturated heterocycles. The van der Waals surface area contributed by atoms with E-state index in [0.717, 1.165) is 12.1 Å². The number of rotatable bonds is 7. The molecular formula is C20H13Cl2FN2O4S. The molecule has 0 unspecified atom stereocenters. The summed E-state index contributed by atoms with van der Waals surface area (Å²) in [6.45, 7) is 0.0680. The summed E-state index contributed by atoms with van der Waals surface area (Å²) < 4.78 is 13.9. The molecule has 0 radical (unpaired) electrons. The SMILES string of the molecule is O=C(O)c1ccc(F)c(NCc2ccc(Sc3ccc(Cl)c(Cl)c3)c([N+](=O)[O-])c2)c1. The standard InChI is InChI=1S/C20H13Cl2FN2O4S/c21-14-4-3-13(9-15(14)22)30-19-6-1-11(7-18(19)25(28)29)10-24-17-8-12(20(26)27)2-5-16(17)23/h1-9,24H,10H2,(H,26,27). The summed E-state index contributed by atoms with van der Waals surface area (Å²) >= 11 is 13.1. The highest BCUT2D eigenvalue weighted by molar-refractivity contribution is 7.99. The molecule has 0 fully saturated rings. The van der Waals surface area contributed by atoms with E-state index in [9.17, 15) is 19.3 Å². The highest BCUT2D eigenvalue weighted by Gasteiger charge is 2.17. The molecule has 0 aliphatic carbocycles. The highest BCUT2D eigenvalue weighted by Crippen LogP contribution is 2.37. The topological polar surface area (TPSA) is 92.5 Å². The summed E-state index contributed by atoms with van der Waals surface area (Å²) in [6.07, 6.45) is 0. The minimum Gasteiger partial charge on any atom is -0.478 e. The van der Waals surface area contributed by atoms with E-state index in [2.05, 4.69) is 5.32 Å². The molecule has 2 N–H and O–H groups in total. The first kappa shape index (κ1) is 21.9. The van der Waals surface area contributed by atoms with Crippen LogP contribution in [0, 0.1) is 15.9 Å². The van der Waals surface area contributed by atoms with Gasteiger partial charge in [0.15, 0.2) is 0 Å². The molecule has 0 bridgehead atoms. The van der Waals surface area contributed by atoms with Gasteiger partial charge in [-0.25, -0.2) is 9.18 Å². The zero-order chi connectivity index (χ0) is 21.8. The van der Waals surface area contributed by atoms with E-state index >= 15 is 0 Å². The van der Waals surface area contributed by atoms with Crippen molar-refractivity contribution in [1.29, 1.82) is 0 Å². The van der Waals surface area contributed by atoms with Crippen LogP contribution in [-0.4, -0.2) is 16.0 Å². The molecule has 0 heterocycles. The summed E-state index contributed by atoms with van der Waals surface area (Å²) in [5.74, 6) is -1.81. The van der Waals surface area contributed by atoms with E-state index in [1.54, 1.807) is 30.3 Å². The highest BCUT2D eigenvalue weighted by atomic mass is 35.5. The summed E-state index contributed by atoms with van der Waals surface area (Å²) in [7, 11) is 0. The Hall–Kier alpha value is -2.81. The smallest absolute Gasteiger partial charge is 0.335 e. The number of hydrogen-bond acceptors (Lipinski definition) is 5. The van der Waals surface area contributed by atoms with Crippen LogP contribution in [0.3, 0.4) is 0 Å². The normalized spacial score (nSPS) is 10.6. The van der Waals surface area contributed by atoms with Crippen LogP contribution in [0.25, 0.3) is 0 Å². The molecule has 0 saturated carbocycles. The molecule has 0 amide bonds. The quantitative estimate of drug-likeness (QED) is 0.304. The van der Waals surface area contributed by atoms with Gasteiger partial charge in [0.25, 0.3) is 5.69 Å². The van der Waals surface area contributed by atoms with Gasteiger partial charge < -0.3 is 10.4 Å². The van der Waals surface area contributed by atoms with Crippen LogP contribution >= 0.6 is 35.0 Å². The number of aromatic carboxylic acids is 1. The van der Waals surface area contributed by atoms with Crippen LogP contribution in [0.5, 0.6) is 0 Å². The third-order valence-corrected chi connectivity index (χ3v) is 5.83. The number of carboxylic acid groups (broad SMARTS) is 1. The van der Waals surface area contributed by atoms with Gasteiger partial charge >= 0.3 is 5.97 Å². The molecule has 0 aliphatic heterocycles. The second-order valence-corrected chi connectivity index (χ2v) is 8.02. The van der Waals surface area contributed by atoms with Gasteiger partial charge in [0, 0.05) is 17.5 Å². The number of nitrogens with one attached hydrogen (secondary N) is 1. The summed E-state index contributed by atoms with van der Waals surface area (Å²) in [6, 6.07) is 12.9. The van der Waals surface area contributed by atoms with E-state index in [1.807, 2.05) is 0 Å². The number of nitrogens with zero attached hydrogens (tertiary/aromatic N) is 1. The van der Waals surface area contributed by atoms with Crippen molar-refractivity contribution >= 4 is 52.3 Å². The van der Waals surface area contributed by atoms with Crippen LogP contribution in [0.4, 0.5) is 15.8 Å². The van der Waals surface area contributed by atoms with Crippen molar-refractivity contribution in [2.45, 2.75) is 16.3 Å². The van der Waals surface area contributed by atoms with Crippen LogP contribution in [0.15, 0.2) is 64.4 Å². The second-order valence-electron chi connectivity index (χ2n) is 6.09. The third kappa shape index (κ3) is 5.21. The molecule has 0 spiro atoms. The van der Waals surface area contributed by atoms with Crippen molar-refractivity contribution in [3.63, 3.8) is 0 Å². The second kappa shape index (κ2) is 9.34. The third-order valence-electron chi connectivity index (χ3n) is 4.04. The molecule has 10 heteroatoms. The molecular weight excluding hydrogens is 454 g/mol. The Bertz CT molecular complexity index is 1140. The van der Waals surface area contributed by atoms with Crippen LogP contribution in [0.2, 0.25) is 10.0 Å². The van der Waals surface area contributed by atoms with Gasteiger partial charge in [-0.1, -0.05) is 41.0 Å². The van der Waals surface area contributed by atoms with E-state index in [4.69, 9.17) is 28.3 Å². The van der Waals surface area contributed by atoms with Gasteiger partial charge in [-0.15, -0.1) is 0 Å². The predicted molar refractivity (Wildman–Crippen MR) is 114 cm³/mol. The molecule has 6 nitrogen and oxygen atoms in total. The summed E-state index contributed by atoms with van der Waals surface area (Å²) in [5, 5.41) is 24.1. The first-order valence-electron chi connectivity index (χ1n) is 8.41. The summed E-state index contributed by atoms with van der Waals surface area (Å²) in [5.41, 5.74) is 0.329. The lowest BCUT2D eigenvalue weighted by atomic mass is 10.1. The summed E-state index contributed by atoms with van der Waals surface area (Å²) in [4.78, 5) is 23.2. The van der Waals surface area contributed by atoms with E-state index in [-0.39, 0.29) is 23.5 Å². The largest absolute Gasteiger partial charge is 0.478 e. The Morgan fingerprint density at radius 3 is 2.53 bits per heavy atom. The van der Waals surface area contributed by atoms with Gasteiger partial charge in [0.05, 0.1) is 31.1 Å². The average Bonchev–Trinajstić information content (AvgIpc) is 2.70. The minimum atomic E-state index is -1.18. The molecule has 0 aromatic heterocycles. The maximum absolute atomic E-state index is 13.9. The van der Waals surface area contributed by atoms with E-state index in [0.29, 0.717) is 25.4 Å². The van der Waals surface area contributed by atoms with Crippen molar-refractivity contribution in [2.75, 3.05) is 5.32 Å². The Kier molecular flexibility index (Phi) is 6.81. The minimum absolute atomic E-state index is 0.00758. The molecule has 154 valence electrons. The zero-order valence-electron chi connectivity index (χ0n) is 15.1. The molecule has 0 aliphatic rings. The van der Waals surface area contributed by atoms with Gasteiger partial charge in [-0.05, 0) is 48.0 Å². The van der Waals surface area contributed by atoms with E-state index < -0.39 is 16.7 Å². The monoisotopic (exact) mass is 466 g/mol. The number of carboxylic acids is 1. The van der Waals surface area contributed by atoms with E-state index in [1.165, 1.54) is 23.9 Å². The molecule has 0 atom stereocenters. The Labute approximate surface area is 184 Å². The Balaban J connectivity index is 1.81. The molecule has 3 aromatic carbocycles. The maximum atomic E-state index is 13.9. The molecule has 3 aromatic rings. The van der Waals surface area contributed by atoms with Gasteiger partial charge in [0.2, 0.25) is 0 Å². The Morgan fingerprint density at radius 1 is 1.10 bits per heavy atom. The van der Waals surface area contributed by atoms with Crippen molar-refractivity contribution in [1.82, 2.24) is 0 Å². The lowest BCUT2D eigenvalue weighted by molar-refractivity contribution is -0.387. The maximum Gasteiger partial charge on any atom is 0.335 e. The van der Waals surface area contributed by atoms with Crippen molar-refractivity contribution < 1.29 is 19.2 Å². The Morgan fingerprint density at radius 2 is 1.87 bits per heavy atom. The van der Waals surface area contributed by atoms with Gasteiger partial charge in [-0.2, -0.15) is 0 Å².